The Hall–Kier alpha value is -0.490. The van der Waals surface area contributed by atoms with Gasteiger partial charge in [0.25, 0.3) is 0 Å². The molecule has 1 heterocycles. The van der Waals surface area contributed by atoms with Crippen LogP contribution in [0.4, 0.5) is 0 Å². The van der Waals surface area contributed by atoms with Gasteiger partial charge in [0.1, 0.15) is 0 Å². The van der Waals surface area contributed by atoms with Crippen molar-refractivity contribution in [3.8, 4) is 11.5 Å². The van der Waals surface area contributed by atoms with Crippen LogP contribution in [0.2, 0.25) is 0 Å². The van der Waals surface area contributed by atoms with E-state index in [4.69, 9.17) is 4.74 Å². The first-order chi connectivity index (χ1) is 8.99. The second-order valence-corrected chi connectivity index (χ2v) is 6.93. The molecule has 1 aromatic rings. The zero-order chi connectivity index (χ0) is 14.0. The maximum absolute atomic E-state index is 9.87. The summed E-state index contributed by atoms with van der Waals surface area (Å²) in [5, 5.41) is 9.87. The van der Waals surface area contributed by atoms with Crippen molar-refractivity contribution >= 4 is 22.6 Å². The van der Waals surface area contributed by atoms with Gasteiger partial charge in [0.15, 0.2) is 11.5 Å². The van der Waals surface area contributed by atoms with Crippen LogP contribution >= 0.6 is 22.6 Å². The highest BCUT2D eigenvalue weighted by atomic mass is 127. The molecule has 2 atom stereocenters. The van der Waals surface area contributed by atoms with Crippen LogP contribution in [0.25, 0.3) is 0 Å². The molecule has 0 radical (unpaired) electrons. The Balaban J connectivity index is 2.12. The van der Waals surface area contributed by atoms with Crippen LogP contribution in [0, 0.1) is 15.4 Å². The topological polar surface area (TPSA) is 32.7 Å². The highest BCUT2D eigenvalue weighted by Crippen LogP contribution is 2.33. The molecule has 1 aliphatic heterocycles. The molecular formula is C15H22INO2. The van der Waals surface area contributed by atoms with E-state index in [9.17, 15) is 5.11 Å². The van der Waals surface area contributed by atoms with Crippen molar-refractivity contribution in [3.63, 3.8) is 0 Å². The molecule has 3 nitrogen and oxygen atoms in total. The quantitative estimate of drug-likeness (QED) is 0.822. The average molecular weight is 375 g/mol. The molecule has 1 saturated heterocycles. The lowest BCUT2D eigenvalue weighted by molar-refractivity contribution is 0.134. The highest BCUT2D eigenvalue weighted by molar-refractivity contribution is 14.1. The van der Waals surface area contributed by atoms with E-state index < -0.39 is 0 Å². The molecule has 1 aromatic carbocycles. The number of rotatable bonds is 3. The fraction of sp³-hybridized carbons (Fsp3) is 0.600. The predicted molar refractivity (Wildman–Crippen MR) is 85.6 cm³/mol. The molecular weight excluding hydrogens is 353 g/mol. The number of hydrogen-bond acceptors (Lipinski definition) is 3. The van der Waals surface area contributed by atoms with Crippen molar-refractivity contribution in [1.82, 2.24) is 4.90 Å². The average Bonchev–Trinajstić information content (AvgIpc) is 2.32. The smallest absolute Gasteiger partial charge is 0.171 e. The molecule has 1 N–H and O–H groups in total. The number of phenols is 1. The fourth-order valence-electron chi connectivity index (χ4n) is 3.05. The van der Waals surface area contributed by atoms with Crippen molar-refractivity contribution in [3.05, 3.63) is 21.3 Å². The van der Waals surface area contributed by atoms with Crippen LogP contribution in [-0.4, -0.2) is 30.2 Å². The summed E-state index contributed by atoms with van der Waals surface area (Å²) in [6.45, 7) is 7.89. The number of hydrogen-bond donors (Lipinski definition) is 1. The van der Waals surface area contributed by atoms with E-state index in [1.807, 2.05) is 12.1 Å². The van der Waals surface area contributed by atoms with Crippen LogP contribution < -0.4 is 4.74 Å². The van der Waals surface area contributed by atoms with Gasteiger partial charge < -0.3 is 9.84 Å². The van der Waals surface area contributed by atoms with Crippen LogP contribution in [0.1, 0.15) is 25.8 Å². The number of likely N-dealkylation sites (tertiary alicyclic amines) is 1. The number of nitrogens with zero attached hydrogens (tertiary/aromatic N) is 1. The molecule has 0 spiro atoms. The molecule has 106 valence electrons. The summed E-state index contributed by atoms with van der Waals surface area (Å²) in [6, 6.07) is 3.99. The van der Waals surface area contributed by atoms with E-state index in [1.165, 1.54) is 12.0 Å². The Labute approximate surface area is 129 Å². The van der Waals surface area contributed by atoms with Crippen molar-refractivity contribution < 1.29 is 9.84 Å². The lowest BCUT2D eigenvalue weighted by Gasteiger charge is -2.35. The van der Waals surface area contributed by atoms with Gasteiger partial charge in [0, 0.05) is 19.6 Å². The summed E-state index contributed by atoms with van der Waals surface area (Å²) in [5.74, 6) is 2.34. The molecule has 4 heteroatoms. The lowest BCUT2D eigenvalue weighted by atomic mass is 9.91. The molecule has 0 saturated carbocycles. The first-order valence-electron chi connectivity index (χ1n) is 6.77. The molecule has 19 heavy (non-hydrogen) atoms. The Bertz CT molecular complexity index is 440. The van der Waals surface area contributed by atoms with Gasteiger partial charge in [-0.05, 0) is 58.5 Å². The molecule has 1 aliphatic rings. The SMILES string of the molecule is COc1cc(CN2CC(C)CC(C)C2)cc(I)c1O. The molecule has 0 aromatic heterocycles. The Morgan fingerprint density at radius 2 is 1.95 bits per heavy atom. The third-order valence-corrected chi connectivity index (χ3v) is 4.48. The minimum absolute atomic E-state index is 0.243. The summed E-state index contributed by atoms with van der Waals surface area (Å²) in [5.41, 5.74) is 1.21. The maximum Gasteiger partial charge on any atom is 0.171 e. The van der Waals surface area contributed by atoms with Crippen molar-refractivity contribution in [2.24, 2.45) is 11.8 Å². The Morgan fingerprint density at radius 1 is 1.32 bits per heavy atom. The van der Waals surface area contributed by atoms with Gasteiger partial charge in [-0.25, -0.2) is 0 Å². The van der Waals surface area contributed by atoms with Gasteiger partial charge in [0.05, 0.1) is 10.7 Å². The number of methoxy groups -OCH3 is 1. The number of benzene rings is 1. The molecule has 1 fully saturated rings. The molecule has 2 unspecified atom stereocenters. The van der Waals surface area contributed by atoms with E-state index in [-0.39, 0.29) is 5.75 Å². The molecule has 2 rings (SSSR count). The zero-order valence-electron chi connectivity index (χ0n) is 11.8. The van der Waals surface area contributed by atoms with Gasteiger partial charge in [-0.1, -0.05) is 13.8 Å². The van der Waals surface area contributed by atoms with Crippen molar-refractivity contribution in [2.45, 2.75) is 26.8 Å². The number of piperidine rings is 1. The Kier molecular flexibility index (Phi) is 4.95. The lowest BCUT2D eigenvalue weighted by Crippen LogP contribution is -2.38. The summed E-state index contributed by atoms with van der Waals surface area (Å²) in [6.07, 6.45) is 1.33. The minimum Gasteiger partial charge on any atom is -0.504 e. The van der Waals surface area contributed by atoms with E-state index in [0.29, 0.717) is 5.75 Å². The van der Waals surface area contributed by atoms with Gasteiger partial charge in [-0.3, -0.25) is 4.90 Å². The molecule has 0 amide bonds. The largest absolute Gasteiger partial charge is 0.504 e. The normalized spacial score (nSPS) is 24.4. The Morgan fingerprint density at radius 3 is 2.53 bits per heavy atom. The number of phenolic OH excluding ortho intramolecular Hbond substituents is 1. The van der Waals surface area contributed by atoms with Gasteiger partial charge in [-0.15, -0.1) is 0 Å². The molecule has 0 aliphatic carbocycles. The predicted octanol–water partition coefficient (Wildman–Crippen LogP) is 3.48. The van der Waals surface area contributed by atoms with Crippen LogP contribution in [-0.2, 0) is 6.54 Å². The standard InChI is InChI=1S/C15H22INO2/c1-10-4-11(2)8-17(7-10)9-12-5-13(16)15(18)14(6-12)19-3/h5-6,10-11,18H,4,7-9H2,1-3H3. The van der Waals surface area contributed by atoms with Crippen molar-refractivity contribution in [1.29, 1.82) is 0 Å². The first-order valence-corrected chi connectivity index (χ1v) is 7.85. The summed E-state index contributed by atoms with van der Waals surface area (Å²) >= 11 is 2.15. The zero-order valence-corrected chi connectivity index (χ0v) is 14.0. The van der Waals surface area contributed by atoms with Crippen molar-refractivity contribution in [2.75, 3.05) is 20.2 Å². The van der Waals surface area contributed by atoms with Gasteiger partial charge in [0.2, 0.25) is 0 Å². The third kappa shape index (κ3) is 3.75. The van der Waals surface area contributed by atoms with Crippen LogP contribution in [0.15, 0.2) is 12.1 Å². The second kappa shape index (κ2) is 6.31. The van der Waals surface area contributed by atoms with E-state index in [2.05, 4.69) is 41.3 Å². The number of ether oxygens (including phenoxy) is 1. The summed E-state index contributed by atoms with van der Waals surface area (Å²) in [4.78, 5) is 2.50. The second-order valence-electron chi connectivity index (χ2n) is 5.77. The van der Waals surface area contributed by atoms with E-state index in [0.717, 1.165) is 35.0 Å². The van der Waals surface area contributed by atoms with Gasteiger partial charge in [-0.2, -0.15) is 0 Å². The molecule has 0 bridgehead atoms. The summed E-state index contributed by atoms with van der Waals surface area (Å²) < 4.78 is 6.08. The third-order valence-electron chi connectivity index (χ3n) is 3.66. The first kappa shape index (κ1) is 14.9. The minimum atomic E-state index is 0.243. The van der Waals surface area contributed by atoms with Crippen LogP contribution in [0.5, 0.6) is 11.5 Å². The van der Waals surface area contributed by atoms with Crippen LogP contribution in [0.3, 0.4) is 0 Å². The van der Waals surface area contributed by atoms with E-state index in [1.54, 1.807) is 7.11 Å². The number of aromatic hydroxyl groups is 1. The van der Waals surface area contributed by atoms with E-state index >= 15 is 0 Å². The monoisotopic (exact) mass is 375 g/mol. The fourth-order valence-corrected chi connectivity index (χ4v) is 3.72. The number of halogens is 1. The van der Waals surface area contributed by atoms with Gasteiger partial charge >= 0.3 is 0 Å². The maximum atomic E-state index is 9.87. The highest BCUT2D eigenvalue weighted by Gasteiger charge is 2.22. The summed E-state index contributed by atoms with van der Waals surface area (Å²) in [7, 11) is 1.60.